The Hall–Kier alpha value is -0.610. The maximum Gasteiger partial charge on any atom is 0.304 e. The number of nitrogens with zero attached hydrogens (tertiary/aromatic N) is 1. The van der Waals surface area contributed by atoms with Crippen LogP contribution < -0.4 is 0 Å². The summed E-state index contributed by atoms with van der Waals surface area (Å²) in [5, 5.41) is 8.58. The van der Waals surface area contributed by atoms with E-state index >= 15 is 0 Å². The van der Waals surface area contributed by atoms with Crippen LogP contribution in [0.1, 0.15) is 12.8 Å². The number of aliphatic carboxylic acids is 1. The fourth-order valence-corrected chi connectivity index (χ4v) is 1.78. The molecular weight excluding hydrogens is 158 g/mol. The van der Waals surface area contributed by atoms with Crippen molar-refractivity contribution in [1.82, 2.24) is 4.90 Å². The number of carboxylic acids is 1. The molecule has 1 atom stereocenters. The Balaban J connectivity index is 1.80. The molecule has 0 bridgehead atoms. The van der Waals surface area contributed by atoms with Gasteiger partial charge in [0.2, 0.25) is 0 Å². The molecule has 0 amide bonds. The number of carboxylic acid groups (broad SMARTS) is 1. The van der Waals surface area contributed by atoms with Crippen molar-refractivity contribution in [2.75, 3.05) is 19.8 Å². The van der Waals surface area contributed by atoms with Gasteiger partial charge in [0, 0.05) is 12.6 Å². The second-order valence-electron chi connectivity index (χ2n) is 3.47. The van der Waals surface area contributed by atoms with E-state index in [1.54, 1.807) is 0 Å². The van der Waals surface area contributed by atoms with Crippen molar-refractivity contribution >= 4 is 5.97 Å². The van der Waals surface area contributed by atoms with Gasteiger partial charge in [-0.3, -0.25) is 9.69 Å². The standard InChI is InChI=1S/C8H13NO3/c10-8(11)3-6-1-2-9(6)7-4-12-5-7/h6-7H,1-5H2,(H,10,11). The third-order valence-corrected chi connectivity index (χ3v) is 2.69. The van der Waals surface area contributed by atoms with E-state index in [4.69, 9.17) is 9.84 Å². The predicted octanol–water partition coefficient (Wildman–Crippen LogP) is -0.0658. The van der Waals surface area contributed by atoms with Crippen LogP contribution in [0, 0.1) is 0 Å². The van der Waals surface area contributed by atoms with Gasteiger partial charge in [0.05, 0.1) is 25.7 Å². The molecule has 0 radical (unpaired) electrons. The van der Waals surface area contributed by atoms with Crippen LogP contribution in [0.5, 0.6) is 0 Å². The number of carbonyl (C=O) groups is 1. The number of rotatable bonds is 3. The Morgan fingerprint density at radius 2 is 2.33 bits per heavy atom. The molecule has 2 rings (SSSR count). The molecule has 2 heterocycles. The topological polar surface area (TPSA) is 49.8 Å². The van der Waals surface area contributed by atoms with Crippen LogP contribution in [0.15, 0.2) is 0 Å². The van der Waals surface area contributed by atoms with Crippen molar-refractivity contribution in [3.05, 3.63) is 0 Å². The van der Waals surface area contributed by atoms with Crippen molar-refractivity contribution in [2.45, 2.75) is 24.9 Å². The molecule has 0 saturated carbocycles. The summed E-state index contributed by atoms with van der Waals surface area (Å²) in [5.74, 6) is -0.690. The van der Waals surface area contributed by atoms with Crippen LogP contribution in [0.25, 0.3) is 0 Å². The summed E-state index contributed by atoms with van der Waals surface area (Å²) in [5.41, 5.74) is 0. The fourth-order valence-electron chi connectivity index (χ4n) is 1.78. The lowest BCUT2D eigenvalue weighted by atomic mass is 9.96. The minimum Gasteiger partial charge on any atom is -0.481 e. The first-order chi connectivity index (χ1) is 5.77. The lowest BCUT2D eigenvalue weighted by Crippen LogP contribution is -2.60. The largest absolute Gasteiger partial charge is 0.481 e. The molecular formula is C8H13NO3. The summed E-state index contributed by atoms with van der Waals surface area (Å²) in [6.45, 7) is 2.62. The number of ether oxygens (including phenoxy) is 1. The Bertz CT molecular complexity index is 191. The first-order valence-corrected chi connectivity index (χ1v) is 4.32. The van der Waals surface area contributed by atoms with Crippen LogP contribution in [-0.2, 0) is 9.53 Å². The molecule has 0 aliphatic carbocycles. The lowest BCUT2D eigenvalue weighted by Gasteiger charge is -2.48. The molecule has 4 heteroatoms. The van der Waals surface area contributed by atoms with E-state index in [0.717, 1.165) is 26.2 Å². The molecule has 4 nitrogen and oxygen atoms in total. The second-order valence-corrected chi connectivity index (χ2v) is 3.47. The normalized spacial score (nSPS) is 30.8. The van der Waals surface area contributed by atoms with Crippen molar-refractivity contribution in [2.24, 2.45) is 0 Å². The van der Waals surface area contributed by atoms with Gasteiger partial charge in [-0.2, -0.15) is 0 Å². The van der Waals surface area contributed by atoms with Crippen molar-refractivity contribution in [3.8, 4) is 0 Å². The van der Waals surface area contributed by atoms with Gasteiger partial charge in [-0.05, 0) is 6.42 Å². The molecule has 1 unspecified atom stereocenters. The van der Waals surface area contributed by atoms with Crippen molar-refractivity contribution < 1.29 is 14.6 Å². The smallest absolute Gasteiger partial charge is 0.304 e. The van der Waals surface area contributed by atoms with Gasteiger partial charge in [-0.25, -0.2) is 0 Å². The van der Waals surface area contributed by atoms with Gasteiger partial charge in [0.25, 0.3) is 0 Å². The molecule has 12 heavy (non-hydrogen) atoms. The zero-order chi connectivity index (χ0) is 8.55. The molecule has 2 aliphatic heterocycles. The molecule has 2 fully saturated rings. The molecule has 0 aromatic carbocycles. The quantitative estimate of drug-likeness (QED) is 0.646. The molecule has 0 aromatic heterocycles. The second kappa shape index (κ2) is 3.03. The summed E-state index contributed by atoms with van der Waals surface area (Å²) in [6.07, 6.45) is 1.32. The minimum atomic E-state index is -0.690. The van der Waals surface area contributed by atoms with E-state index in [2.05, 4.69) is 4.90 Å². The lowest BCUT2D eigenvalue weighted by molar-refractivity contribution is -0.145. The predicted molar refractivity (Wildman–Crippen MR) is 42.0 cm³/mol. The monoisotopic (exact) mass is 171 g/mol. The zero-order valence-corrected chi connectivity index (χ0v) is 6.90. The van der Waals surface area contributed by atoms with Crippen LogP contribution in [0.4, 0.5) is 0 Å². The molecule has 68 valence electrons. The summed E-state index contributed by atoms with van der Waals surface area (Å²) in [7, 11) is 0. The number of likely N-dealkylation sites (tertiary alicyclic amines) is 1. The highest BCUT2D eigenvalue weighted by Crippen LogP contribution is 2.26. The highest BCUT2D eigenvalue weighted by Gasteiger charge is 2.38. The first kappa shape index (κ1) is 8.01. The van der Waals surface area contributed by atoms with E-state index in [1.165, 1.54) is 0 Å². The minimum absolute atomic E-state index is 0.274. The Kier molecular flexibility index (Phi) is 2.02. The molecule has 1 N–H and O–H groups in total. The number of hydrogen-bond donors (Lipinski definition) is 1. The van der Waals surface area contributed by atoms with E-state index in [9.17, 15) is 4.79 Å². The van der Waals surface area contributed by atoms with E-state index in [1.807, 2.05) is 0 Å². The summed E-state index contributed by atoms with van der Waals surface area (Å²) < 4.78 is 5.06. The van der Waals surface area contributed by atoms with E-state index in [0.29, 0.717) is 6.04 Å². The average Bonchev–Trinajstić information content (AvgIpc) is 1.89. The summed E-state index contributed by atoms with van der Waals surface area (Å²) in [6, 6.07) is 0.777. The van der Waals surface area contributed by atoms with E-state index < -0.39 is 5.97 Å². The molecule has 0 aromatic rings. The maximum atomic E-state index is 10.4. The fraction of sp³-hybridized carbons (Fsp3) is 0.875. The highest BCUT2D eigenvalue weighted by atomic mass is 16.5. The Morgan fingerprint density at radius 1 is 1.58 bits per heavy atom. The average molecular weight is 171 g/mol. The first-order valence-electron chi connectivity index (χ1n) is 4.32. The van der Waals surface area contributed by atoms with Gasteiger partial charge < -0.3 is 9.84 Å². The van der Waals surface area contributed by atoms with E-state index in [-0.39, 0.29) is 12.5 Å². The molecule has 0 spiro atoms. The van der Waals surface area contributed by atoms with Gasteiger partial charge in [0.15, 0.2) is 0 Å². The summed E-state index contributed by atoms with van der Waals surface area (Å²) >= 11 is 0. The van der Waals surface area contributed by atoms with Gasteiger partial charge in [-0.1, -0.05) is 0 Å². The number of hydrogen-bond acceptors (Lipinski definition) is 3. The Morgan fingerprint density at radius 3 is 2.67 bits per heavy atom. The SMILES string of the molecule is O=C(O)CC1CCN1C1COC1. The van der Waals surface area contributed by atoms with Crippen molar-refractivity contribution in [1.29, 1.82) is 0 Å². The maximum absolute atomic E-state index is 10.4. The molecule has 2 saturated heterocycles. The third kappa shape index (κ3) is 1.32. The third-order valence-electron chi connectivity index (χ3n) is 2.69. The highest BCUT2D eigenvalue weighted by molar-refractivity contribution is 5.67. The van der Waals surface area contributed by atoms with Gasteiger partial charge in [0.1, 0.15) is 0 Å². The van der Waals surface area contributed by atoms with Crippen LogP contribution in [-0.4, -0.2) is 47.8 Å². The van der Waals surface area contributed by atoms with Crippen molar-refractivity contribution in [3.63, 3.8) is 0 Å². The zero-order valence-electron chi connectivity index (χ0n) is 6.90. The van der Waals surface area contributed by atoms with Gasteiger partial charge in [-0.15, -0.1) is 0 Å². The van der Waals surface area contributed by atoms with Crippen LogP contribution in [0.3, 0.4) is 0 Å². The van der Waals surface area contributed by atoms with Crippen LogP contribution >= 0.6 is 0 Å². The van der Waals surface area contributed by atoms with Crippen LogP contribution in [0.2, 0.25) is 0 Å². The summed E-state index contributed by atoms with van der Waals surface area (Å²) in [4.78, 5) is 12.7. The van der Waals surface area contributed by atoms with Gasteiger partial charge >= 0.3 is 5.97 Å². The molecule has 2 aliphatic rings. The Labute approximate surface area is 71.1 Å².